The minimum Gasteiger partial charge on any atom is -0.0533 e. The third kappa shape index (κ3) is 2.53. The third-order valence-electron chi connectivity index (χ3n) is 0.354. The highest BCUT2D eigenvalue weighted by Gasteiger charge is 1.95. The van der Waals surface area contributed by atoms with E-state index < -0.39 is 0 Å². The lowest BCUT2D eigenvalue weighted by molar-refractivity contribution is 1.50. The minimum absolute atomic E-state index is 0. The SMILES string of the molecule is C1CC1.[AlH3]. The largest absolute Gasteiger partial charge is 0.187 e. The summed E-state index contributed by atoms with van der Waals surface area (Å²) in [5, 5.41) is 0. The van der Waals surface area contributed by atoms with Gasteiger partial charge in [-0.2, -0.15) is 0 Å². The van der Waals surface area contributed by atoms with E-state index >= 15 is 0 Å². The van der Waals surface area contributed by atoms with E-state index in [1.54, 1.807) is 0 Å². The van der Waals surface area contributed by atoms with Gasteiger partial charge in [0.05, 0.1) is 0 Å². The fourth-order valence-electron chi connectivity index (χ4n) is 0. The van der Waals surface area contributed by atoms with Crippen LogP contribution in [0.25, 0.3) is 0 Å². The molecule has 0 radical (unpaired) electrons. The van der Waals surface area contributed by atoms with Crippen molar-refractivity contribution >= 4 is 17.4 Å². The molecule has 0 amide bonds. The van der Waals surface area contributed by atoms with Crippen molar-refractivity contribution in [2.75, 3.05) is 0 Å². The van der Waals surface area contributed by atoms with Gasteiger partial charge in [0.2, 0.25) is 0 Å². The highest BCUT2D eigenvalue weighted by Crippen LogP contribution is 2.14. The smallest absolute Gasteiger partial charge is 0.0533 e. The predicted molar refractivity (Wildman–Crippen MR) is 23.8 cm³/mol. The van der Waals surface area contributed by atoms with Crippen molar-refractivity contribution in [3.8, 4) is 0 Å². The van der Waals surface area contributed by atoms with Gasteiger partial charge in [-0.05, 0) is 0 Å². The van der Waals surface area contributed by atoms with E-state index in [0.29, 0.717) is 0 Å². The average Bonchev–Trinajstić information content (AvgIpc) is 1.46. The van der Waals surface area contributed by atoms with E-state index in [4.69, 9.17) is 0 Å². The van der Waals surface area contributed by atoms with E-state index in [-0.39, 0.29) is 17.4 Å². The second-order valence-electron chi connectivity index (χ2n) is 1.06. The van der Waals surface area contributed by atoms with Gasteiger partial charge in [0.15, 0.2) is 17.4 Å². The Labute approximate surface area is 37.3 Å². The van der Waals surface area contributed by atoms with Crippen molar-refractivity contribution in [1.29, 1.82) is 0 Å². The molecular formula is C3H9Al. The number of hydrogen-bond donors (Lipinski definition) is 0. The van der Waals surface area contributed by atoms with Gasteiger partial charge in [-0.1, -0.05) is 19.3 Å². The van der Waals surface area contributed by atoms with E-state index in [1.165, 1.54) is 19.3 Å². The fraction of sp³-hybridized carbons (Fsp3) is 1.00. The maximum Gasteiger partial charge on any atom is 0.187 e. The van der Waals surface area contributed by atoms with Crippen molar-refractivity contribution < 1.29 is 0 Å². The predicted octanol–water partition coefficient (Wildman–Crippen LogP) is -0.0136. The van der Waals surface area contributed by atoms with E-state index in [9.17, 15) is 0 Å². The van der Waals surface area contributed by atoms with Crippen molar-refractivity contribution in [3.63, 3.8) is 0 Å². The van der Waals surface area contributed by atoms with E-state index in [0.717, 1.165) is 0 Å². The van der Waals surface area contributed by atoms with Crippen LogP contribution in [0.15, 0.2) is 0 Å². The standard InChI is InChI=1S/C3H6.Al.3H/c1-2-3-1;;;;/h1-3H2;;;;. The monoisotopic (exact) mass is 72.1 g/mol. The van der Waals surface area contributed by atoms with E-state index in [1.807, 2.05) is 0 Å². The highest BCUT2D eigenvalue weighted by molar-refractivity contribution is 5.75. The molecule has 0 bridgehead atoms. The van der Waals surface area contributed by atoms with Gasteiger partial charge in [0.1, 0.15) is 0 Å². The fourth-order valence-corrected chi connectivity index (χ4v) is 0. The summed E-state index contributed by atoms with van der Waals surface area (Å²) in [7, 11) is 0. The summed E-state index contributed by atoms with van der Waals surface area (Å²) < 4.78 is 0. The van der Waals surface area contributed by atoms with Crippen molar-refractivity contribution in [2.24, 2.45) is 0 Å². The summed E-state index contributed by atoms with van der Waals surface area (Å²) in [6.07, 6.45) is 4.50. The van der Waals surface area contributed by atoms with Crippen LogP contribution in [0, 0.1) is 0 Å². The molecular weight excluding hydrogens is 63.0 g/mol. The van der Waals surface area contributed by atoms with E-state index in [2.05, 4.69) is 0 Å². The van der Waals surface area contributed by atoms with Crippen LogP contribution < -0.4 is 0 Å². The van der Waals surface area contributed by atoms with Crippen LogP contribution in [0.1, 0.15) is 19.3 Å². The maximum absolute atomic E-state index is 1.50. The first-order valence-corrected chi connectivity index (χ1v) is 1.50. The van der Waals surface area contributed by atoms with Gasteiger partial charge in [-0.3, -0.25) is 0 Å². The molecule has 0 unspecified atom stereocenters. The highest BCUT2D eigenvalue weighted by atomic mass is 27.0. The van der Waals surface area contributed by atoms with Crippen LogP contribution in [0.5, 0.6) is 0 Å². The van der Waals surface area contributed by atoms with Gasteiger partial charge in [0, 0.05) is 0 Å². The minimum atomic E-state index is 0. The second kappa shape index (κ2) is 1.82. The Morgan fingerprint density at radius 2 is 1.00 bits per heavy atom. The Hall–Kier alpha value is 0.532. The lowest BCUT2D eigenvalue weighted by Gasteiger charge is -1.05. The Kier molecular flexibility index (Phi) is 2.06. The summed E-state index contributed by atoms with van der Waals surface area (Å²) in [5.74, 6) is 0. The molecule has 0 aromatic heterocycles. The zero-order valence-corrected chi connectivity index (χ0v) is 2.12. The first-order chi connectivity index (χ1) is 1.50. The summed E-state index contributed by atoms with van der Waals surface area (Å²) in [6.45, 7) is 0. The zero-order valence-electron chi connectivity index (χ0n) is 2.12. The molecule has 1 rings (SSSR count). The topological polar surface area (TPSA) is 0 Å². The van der Waals surface area contributed by atoms with Crippen molar-refractivity contribution in [3.05, 3.63) is 0 Å². The van der Waals surface area contributed by atoms with Crippen molar-refractivity contribution in [1.82, 2.24) is 0 Å². The van der Waals surface area contributed by atoms with Gasteiger partial charge in [0.25, 0.3) is 0 Å². The molecule has 1 saturated carbocycles. The molecule has 0 spiro atoms. The molecule has 0 nitrogen and oxygen atoms in total. The van der Waals surface area contributed by atoms with Crippen LogP contribution in [0.3, 0.4) is 0 Å². The summed E-state index contributed by atoms with van der Waals surface area (Å²) in [4.78, 5) is 0. The molecule has 0 aliphatic heterocycles. The lowest BCUT2D eigenvalue weighted by Crippen LogP contribution is -0.856. The summed E-state index contributed by atoms with van der Waals surface area (Å²) in [5.41, 5.74) is 0. The molecule has 0 atom stereocenters. The first-order valence-electron chi connectivity index (χ1n) is 1.50. The van der Waals surface area contributed by atoms with Gasteiger partial charge >= 0.3 is 0 Å². The number of hydrogen-bond acceptors (Lipinski definition) is 0. The van der Waals surface area contributed by atoms with Gasteiger partial charge in [-0.25, -0.2) is 0 Å². The Balaban J connectivity index is 0.0000000900. The molecule has 1 aliphatic carbocycles. The maximum atomic E-state index is 1.50. The molecule has 24 valence electrons. The average molecular weight is 72.1 g/mol. The second-order valence-corrected chi connectivity index (χ2v) is 1.06. The van der Waals surface area contributed by atoms with Crippen LogP contribution in [0.2, 0.25) is 0 Å². The molecule has 1 heteroatoms. The number of rotatable bonds is 0. The molecule has 1 fully saturated rings. The lowest BCUT2D eigenvalue weighted by atomic mass is 11.0. The van der Waals surface area contributed by atoms with Gasteiger partial charge in [-0.15, -0.1) is 0 Å². The Morgan fingerprint density at radius 1 is 0.750 bits per heavy atom. The molecule has 4 heavy (non-hydrogen) atoms. The van der Waals surface area contributed by atoms with Crippen LogP contribution >= 0.6 is 0 Å². The quantitative estimate of drug-likeness (QED) is 0.353. The Bertz CT molecular complexity index is 8.00. The van der Waals surface area contributed by atoms with Crippen LogP contribution in [-0.2, 0) is 0 Å². The summed E-state index contributed by atoms with van der Waals surface area (Å²) in [6, 6.07) is 0. The third-order valence-corrected chi connectivity index (χ3v) is 0.354. The molecule has 0 aromatic carbocycles. The molecule has 0 saturated heterocycles. The van der Waals surface area contributed by atoms with Crippen LogP contribution in [0.4, 0.5) is 0 Å². The van der Waals surface area contributed by atoms with Crippen molar-refractivity contribution in [2.45, 2.75) is 19.3 Å². The first kappa shape index (κ1) is 4.53. The summed E-state index contributed by atoms with van der Waals surface area (Å²) >= 11 is 0. The molecule has 1 aliphatic rings. The normalized spacial score (nSPS) is 18.0. The zero-order chi connectivity index (χ0) is 2.12. The Morgan fingerprint density at radius 3 is 1.00 bits per heavy atom. The molecule has 0 N–H and O–H groups in total. The molecule has 0 aromatic rings. The van der Waals surface area contributed by atoms with Gasteiger partial charge < -0.3 is 0 Å². The van der Waals surface area contributed by atoms with Crippen LogP contribution in [-0.4, -0.2) is 17.4 Å². The molecule has 0 heterocycles.